The van der Waals surface area contributed by atoms with Crippen LogP contribution in [0.5, 0.6) is 0 Å². The molecule has 1 fully saturated rings. The van der Waals surface area contributed by atoms with E-state index in [1.165, 1.54) is 0 Å². The summed E-state index contributed by atoms with van der Waals surface area (Å²) in [6.07, 6.45) is 0. The van der Waals surface area contributed by atoms with Crippen molar-refractivity contribution >= 4 is 9.84 Å². The zero-order valence-corrected chi connectivity index (χ0v) is 13.1. The van der Waals surface area contributed by atoms with Gasteiger partial charge in [-0.3, -0.25) is 4.90 Å². The van der Waals surface area contributed by atoms with Gasteiger partial charge in [0, 0.05) is 31.7 Å². The van der Waals surface area contributed by atoms with Crippen molar-refractivity contribution in [1.29, 1.82) is 0 Å². The summed E-state index contributed by atoms with van der Waals surface area (Å²) in [7, 11) is -2.93. The summed E-state index contributed by atoms with van der Waals surface area (Å²) in [5.41, 5.74) is 0. The molecule has 1 heterocycles. The average molecular weight is 276 g/mol. The molecule has 0 aromatic carbocycles. The molecule has 108 valence electrons. The van der Waals surface area contributed by atoms with E-state index < -0.39 is 9.84 Å². The van der Waals surface area contributed by atoms with Crippen LogP contribution in [-0.4, -0.2) is 56.0 Å². The molecule has 0 aromatic rings. The molecule has 2 atom stereocenters. The summed E-state index contributed by atoms with van der Waals surface area (Å²) < 4.78 is 23.8. The van der Waals surface area contributed by atoms with Crippen LogP contribution < -0.4 is 5.32 Å². The van der Waals surface area contributed by atoms with Gasteiger partial charge in [-0.05, 0) is 26.7 Å². The van der Waals surface area contributed by atoms with Crippen LogP contribution >= 0.6 is 0 Å². The van der Waals surface area contributed by atoms with Crippen molar-refractivity contribution < 1.29 is 8.42 Å². The van der Waals surface area contributed by atoms with Gasteiger partial charge in [-0.15, -0.1) is 0 Å². The smallest absolute Gasteiger partial charge is 0.153 e. The van der Waals surface area contributed by atoms with E-state index in [2.05, 4.69) is 31.0 Å². The molecule has 1 aliphatic heterocycles. The molecule has 5 heteroatoms. The molecule has 0 radical (unpaired) electrons. The second kappa shape index (κ2) is 6.35. The SMILES string of the molecule is CC1CN(CCS(=O)(=O)C(C)C)C(C(C)C)CN1. The fourth-order valence-corrected chi connectivity index (χ4v) is 3.36. The molecule has 0 saturated carbocycles. The molecule has 0 aromatic heterocycles. The Kier molecular flexibility index (Phi) is 5.62. The van der Waals surface area contributed by atoms with E-state index in [0.717, 1.165) is 13.1 Å². The molecule has 1 rings (SSSR count). The lowest BCUT2D eigenvalue weighted by Crippen LogP contribution is -2.58. The van der Waals surface area contributed by atoms with E-state index in [9.17, 15) is 8.42 Å². The van der Waals surface area contributed by atoms with Gasteiger partial charge < -0.3 is 5.32 Å². The fourth-order valence-electron chi connectivity index (χ4n) is 2.40. The molecule has 1 saturated heterocycles. The second-order valence-electron chi connectivity index (χ2n) is 6.03. The van der Waals surface area contributed by atoms with Gasteiger partial charge in [0.15, 0.2) is 9.84 Å². The van der Waals surface area contributed by atoms with Gasteiger partial charge >= 0.3 is 0 Å². The third-order valence-corrected chi connectivity index (χ3v) is 5.99. The zero-order chi connectivity index (χ0) is 13.9. The molecule has 18 heavy (non-hydrogen) atoms. The van der Waals surface area contributed by atoms with Crippen LogP contribution in [0.3, 0.4) is 0 Å². The Labute approximate surface area is 112 Å². The van der Waals surface area contributed by atoms with Gasteiger partial charge in [0.25, 0.3) is 0 Å². The lowest BCUT2D eigenvalue weighted by atomic mass is 9.99. The van der Waals surface area contributed by atoms with Crippen LogP contribution in [0.1, 0.15) is 34.6 Å². The first kappa shape index (κ1) is 15.9. The van der Waals surface area contributed by atoms with Gasteiger partial charge in [-0.25, -0.2) is 8.42 Å². The Morgan fingerprint density at radius 1 is 1.28 bits per heavy atom. The summed E-state index contributed by atoms with van der Waals surface area (Å²) in [6, 6.07) is 0.894. The molecule has 0 spiro atoms. The van der Waals surface area contributed by atoms with Gasteiger partial charge in [0.1, 0.15) is 0 Å². The first-order valence-corrected chi connectivity index (χ1v) is 8.64. The van der Waals surface area contributed by atoms with Crippen molar-refractivity contribution in [2.45, 2.75) is 52.0 Å². The predicted octanol–water partition coefficient (Wildman–Crippen LogP) is 1.13. The minimum Gasteiger partial charge on any atom is -0.311 e. The minimum absolute atomic E-state index is 0.268. The number of hydrogen-bond acceptors (Lipinski definition) is 4. The molecular weight excluding hydrogens is 248 g/mol. The highest BCUT2D eigenvalue weighted by Crippen LogP contribution is 2.15. The van der Waals surface area contributed by atoms with Gasteiger partial charge in [-0.2, -0.15) is 0 Å². The summed E-state index contributed by atoms with van der Waals surface area (Å²) in [4.78, 5) is 2.34. The van der Waals surface area contributed by atoms with E-state index in [1.807, 2.05) is 0 Å². The average Bonchev–Trinajstić information content (AvgIpc) is 2.26. The van der Waals surface area contributed by atoms with Gasteiger partial charge in [0.2, 0.25) is 0 Å². The molecular formula is C13H28N2O2S. The quantitative estimate of drug-likeness (QED) is 0.818. The van der Waals surface area contributed by atoms with Crippen molar-refractivity contribution in [2.75, 3.05) is 25.4 Å². The first-order chi connectivity index (χ1) is 8.24. The Morgan fingerprint density at radius 3 is 2.39 bits per heavy atom. The number of rotatable bonds is 5. The minimum atomic E-state index is -2.93. The second-order valence-corrected chi connectivity index (χ2v) is 8.71. The van der Waals surface area contributed by atoms with Crippen molar-refractivity contribution in [2.24, 2.45) is 5.92 Å². The molecule has 1 N–H and O–H groups in total. The van der Waals surface area contributed by atoms with Gasteiger partial charge in [0.05, 0.1) is 11.0 Å². The fraction of sp³-hybridized carbons (Fsp3) is 1.00. The third-order valence-electron chi connectivity index (χ3n) is 3.80. The van der Waals surface area contributed by atoms with Crippen LogP contribution in [0, 0.1) is 5.92 Å². The van der Waals surface area contributed by atoms with Crippen LogP contribution in [0.2, 0.25) is 0 Å². The Hall–Kier alpha value is -0.130. The Morgan fingerprint density at radius 2 is 1.89 bits per heavy atom. The summed E-state index contributed by atoms with van der Waals surface area (Å²) in [5.74, 6) is 0.826. The Bertz CT molecular complexity index is 352. The maximum absolute atomic E-state index is 11.9. The molecule has 2 unspecified atom stereocenters. The lowest BCUT2D eigenvalue weighted by molar-refractivity contribution is 0.110. The standard InChI is InChI=1S/C13H28N2O2S/c1-10(2)13-8-14-12(5)9-15(13)6-7-18(16,17)11(3)4/h10-14H,6-9H2,1-5H3. The summed E-state index contributed by atoms with van der Waals surface area (Å²) in [5, 5.41) is 3.20. The normalized spacial score (nSPS) is 27.1. The van der Waals surface area contributed by atoms with E-state index in [1.54, 1.807) is 13.8 Å². The largest absolute Gasteiger partial charge is 0.311 e. The van der Waals surface area contributed by atoms with E-state index >= 15 is 0 Å². The van der Waals surface area contributed by atoms with E-state index in [-0.39, 0.29) is 11.0 Å². The summed E-state index contributed by atoms with van der Waals surface area (Å²) >= 11 is 0. The number of hydrogen-bond donors (Lipinski definition) is 1. The highest BCUT2D eigenvalue weighted by Gasteiger charge is 2.29. The van der Waals surface area contributed by atoms with Crippen LogP contribution in [-0.2, 0) is 9.84 Å². The van der Waals surface area contributed by atoms with Crippen molar-refractivity contribution in [3.63, 3.8) is 0 Å². The highest BCUT2D eigenvalue weighted by atomic mass is 32.2. The van der Waals surface area contributed by atoms with Crippen molar-refractivity contribution in [3.05, 3.63) is 0 Å². The predicted molar refractivity (Wildman–Crippen MR) is 76.6 cm³/mol. The highest BCUT2D eigenvalue weighted by molar-refractivity contribution is 7.92. The van der Waals surface area contributed by atoms with Crippen LogP contribution in [0.15, 0.2) is 0 Å². The van der Waals surface area contributed by atoms with Crippen molar-refractivity contribution in [3.8, 4) is 0 Å². The lowest BCUT2D eigenvalue weighted by Gasteiger charge is -2.41. The number of piperazine rings is 1. The molecule has 0 amide bonds. The van der Waals surface area contributed by atoms with Crippen LogP contribution in [0.4, 0.5) is 0 Å². The number of nitrogens with zero attached hydrogens (tertiary/aromatic N) is 1. The molecule has 0 bridgehead atoms. The maximum Gasteiger partial charge on any atom is 0.153 e. The Balaban J connectivity index is 2.62. The molecule has 1 aliphatic rings. The number of sulfone groups is 1. The summed E-state index contributed by atoms with van der Waals surface area (Å²) in [6.45, 7) is 12.6. The number of nitrogens with one attached hydrogen (secondary N) is 1. The monoisotopic (exact) mass is 276 g/mol. The molecule has 0 aliphatic carbocycles. The third kappa shape index (κ3) is 4.21. The molecule has 4 nitrogen and oxygen atoms in total. The first-order valence-electron chi connectivity index (χ1n) is 6.93. The van der Waals surface area contributed by atoms with E-state index in [0.29, 0.717) is 24.5 Å². The van der Waals surface area contributed by atoms with Gasteiger partial charge in [-0.1, -0.05) is 13.8 Å². The van der Waals surface area contributed by atoms with Crippen LogP contribution in [0.25, 0.3) is 0 Å². The topological polar surface area (TPSA) is 49.4 Å². The van der Waals surface area contributed by atoms with Crippen molar-refractivity contribution in [1.82, 2.24) is 10.2 Å². The zero-order valence-electron chi connectivity index (χ0n) is 12.3. The maximum atomic E-state index is 11.9. The van der Waals surface area contributed by atoms with E-state index in [4.69, 9.17) is 0 Å².